The van der Waals surface area contributed by atoms with Crippen molar-refractivity contribution >= 4 is 9.84 Å². The van der Waals surface area contributed by atoms with E-state index in [0.29, 0.717) is 12.5 Å². The van der Waals surface area contributed by atoms with Gasteiger partial charge in [-0.2, -0.15) is 0 Å². The van der Waals surface area contributed by atoms with Gasteiger partial charge in [0.15, 0.2) is 9.84 Å². The molecule has 0 heterocycles. The highest BCUT2D eigenvalue weighted by Crippen LogP contribution is 2.18. The van der Waals surface area contributed by atoms with Crippen LogP contribution >= 0.6 is 0 Å². The molecule has 0 fully saturated rings. The molecule has 1 aromatic rings. The zero-order chi connectivity index (χ0) is 15.2. The van der Waals surface area contributed by atoms with Crippen molar-refractivity contribution in [2.75, 3.05) is 18.8 Å². The van der Waals surface area contributed by atoms with E-state index in [9.17, 15) is 8.42 Å². The standard InChI is InChI=1S/C16H27NO2S/c1-14(15-8-6-5-7-9-15)10-11-17-12-13-20(18,19)16(2,3)4/h5-9,14,17H,10-13H2,1-4H3. The summed E-state index contributed by atoms with van der Waals surface area (Å²) in [6.45, 7) is 8.82. The van der Waals surface area contributed by atoms with Crippen molar-refractivity contribution in [3.8, 4) is 0 Å². The number of hydrogen-bond donors (Lipinski definition) is 1. The van der Waals surface area contributed by atoms with Gasteiger partial charge in [0.05, 0.1) is 10.5 Å². The van der Waals surface area contributed by atoms with Gasteiger partial charge in [-0.25, -0.2) is 8.42 Å². The van der Waals surface area contributed by atoms with Gasteiger partial charge in [0.25, 0.3) is 0 Å². The van der Waals surface area contributed by atoms with E-state index in [1.807, 2.05) is 6.07 Å². The van der Waals surface area contributed by atoms with Crippen LogP contribution in [-0.2, 0) is 9.84 Å². The fraction of sp³-hybridized carbons (Fsp3) is 0.625. The molecule has 0 bridgehead atoms. The van der Waals surface area contributed by atoms with Gasteiger partial charge >= 0.3 is 0 Å². The zero-order valence-electron chi connectivity index (χ0n) is 13.0. The summed E-state index contributed by atoms with van der Waals surface area (Å²) in [6, 6.07) is 10.4. The van der Waals surface area contributed by atoms with Gasteiger partial charge in [-0.3, -0.25) is 0 Å². The van der Waals surface area contributed by atoms with Gasteiger partial charge in [0, 0.05) is 6.54 Å². The van der Waals surface area contributed by atoms with Crippen LogP contribution in [0.3, 0.4) is 0 Å². The molecule has 1 atom stereocenters. The Labute approximate surface area is 123 Å². The highest BCUT2D eigenvalue weighted by atomic mass is 32.2. The van der Waals surface area contributed by atoms with Gasteiger partial charge in [0.2, 0.25) is 0 Å². The van der Waals surface area contributed by atoms with Crippen LogP contribution in [0.1, 0.15) is 45.6 Å². The van der Waals surface area contributed by atoms with E-state index in [0.717, 1.165) is 13.0 Å². The second kappa shape index (κ2) is 7.23. The molecule has 20 heavy (non-hydrogen) atoms. The Hall–Kier alpha value is -0.870. The molecule has 0 saturated heterocycles. The van der Waals surface area contributed by atoms with E-state index < -0.39 is 14.6 Å². The first-order chi connectivity index (χ1) is 9.24. The molecule has 3 nitrogen and oxygen atoms in total. The van der Waals surface area contributed by atoms with Crippen molar-refractivity contribution in [1.82, 2.24) is 5.32 Å². The van der Waals surface area contributed by atoms with Crippen LogP contribution in [0, 0.1) is 0 Å². The third-order valence-electron chi connectivity index (χ3n) is 3.60. The van der Waals surface area contributed by atoms with E-state index in [1.165, 1.54) is 5.56 Å². The fourth-order valence-electron chi connectivity index (χ4n) is 1.90. The Morgan fingerprint density at radius 3 is 2.25 bits per heavy atom. The van der Waals surface area contributed by atoms with E-state index in [-0.39, 0.29) is 5.75 Å². The van der Waals surface area contributed by atoms with E-state index in [4.69, 9.17) is 0 Å². The fourth-order valence-corrected chi connectivity index (χ4v) is 2.93. The van der Waals surface area contributed by atoms with Crippen molar-refractivity contribution in [2.45, 2.75) is 44.8 Å². The molecule has 0 aliphatic carbocycles. The first-order valence-electron chi connectivity index (χ1n) is 7.22. The highest BCUT2D eigenvalue weighted by molar-refractivity contribution is 7.92. The molecule has 0 aliphatic rings. The first kappa shape index (κ1) is 17.2. The normalized spacial score (nSPS) is 14.2. The van der Waals surface area contributed by atoms with Crippen molar-refractivity contribution in [3.05, 3.63) is 35.9 Å². The van der Waals surface area contributed by atoms with Crippen molar-refractivity contribution in [3.63, 3.8) is 0 Å². The highest BCUT2D eigenvalue weighted by Gasteiger charge is 2.27. The molecule has 1 rings (SSSR count). The molecule has 0 aromatic heterocycles. The molecular weight excluding hydrogens is 270 g/mol. The molecule has 114 valence electrons. The Kier molecular flexibility index (Phi) is 6.21. The van der Waals surface area contributed by atoms with E-state index in [1.54, 1.807) is 20.8 Å². The van der Waals surface area contributed by atoms with Crippen LogP contribution in [-0.4, -0.2) is 32.0 Å². The second-order valence-electron chi connectivity index (χ2n) is 6.28. The van der Waals surface area contributed by atoms with Crippen molar-refractivity contribution < 1.29 is 8.42 Å². The lowest BCUT2D eigenvalue weighted by Gasteiger charge is -2.19. The minimum Gasteiger partial charge on any atom is -0.316 e. The number of sulfone groups is 1. The molecule has 0 saturated carbocycles. The largest absolute Gasteiger partial charge is 0.316 e. The smallest absolute Gasteiger partial charge is 0.156 e. The van der Waals surface area contributed by atoms with Gasteiger partial charge in [-0.1, -0.05) is 37.3 Å². The number of rotatable bonds is 7. The molecule has 1 aromatic carbocycles. The third-order valence-corrected chi connectivity index (χ3v) is 6.21. The van der Waals surface area contributed by atoms with E-state index in [2.05, 4.69) is 36.5 Å². The molecular formula is C16H27NO2S. The summed E-state index contributed by atoms with van der Waals surface area (Å²) in [5.41, 5.74) is 1.33. The van der Waals surface area contributed by atoms with E-state index >= 15 is 0 Å². The van der Waals surface area contributed by atoms with Gasteiger partial charge in [-0.05, 0) is 45.2 Å². The maximum Gasteiger partial charge on any atom is 0.156 e. The lowest BCUT2D eigenvalue weighted by Crippen LogP contribution is -2.35. The predicted octanol–water partition coefficient (Wildman–Crippen LogP) is 2.98. The monoisotopic (exact) mass is 297 g/mol. The number of nitrogens with one attached hydrogen (secondary N) is 1. The average molecular weight is 297 g/mol. The van der Waals surface area contributed by atoms with Crippen LogP contribution < -0.4 is 5.32 Å². The quantitative estimate of drug-likeness (QED) is 0.787. The molecule has 0 spiro atoms. The first-order valence-corrected chi connectivity index (χ1v) is 8.87. The van der Waals surface area contributed by atoms with Crippen LogP contribution in [0.4, 0.5) is 0 Å². The van der Waals surface area contributed by atoms with Crippen LogP contribution in [0.5, 0.6) is 0 Å². The summed E-state index contributed by atoms with van der Waals surface area (Å²) in [6.07, 6.45) is 1.01. The molecule has 4 heteroatoms. The summed E-state index contributed by atoms with van der Waals surface area (Å²) in [7, 11) is -3.01. The molecule has 0 aliphatic heterocycles. The Bertz CT molecular complexity index is 489. The van der Waals surface area contributed by atoms with Crippen molar-refractivity contribution in [2.24, 2.45) is 0 Å². The SMILES string of the molecule is CC(CCNCCS(=O)(=O)C(C)(C)C)c1ccccc1. The topological polar surface area (TPSA) is 46.2 Å². The van der Waals surface area contributed by atoms with Gasteiger partial charge in [-0.15, -0.1) is 0 Å². The maximum atomic E-state index is 11.9. The van der Waals surface area contributed by atoms with Gasteiger partial charge < -0.3 is 5.32 Å². The number of benzene rings is 1. The van der Waals surface area contributed by atoms with Crippen molar-refractivity contribution in [1.29, 1.82) is 0 Å². The molecule has 0 amide bonds. The summed E-state index contributed by atoms with van der Waals surface area (Å²) in [4.78, 5) is 0. The second-order valence-corrected chi connectivity index (χ2v) is 9.14. The lowest BCUT2D eigenvalue weighted by atomic mass is 9.98. The Balaban J connectivity index is 2.27. The summed E-state index contributed by atoms with van der Waals surface area (Å²) >= 11 is 0. The van der Waals surface area contributed by atoms with Gasteiger partial charge in [0.1, 0.15) is 0 Å². The van der Waals surface area contributed by atoms with Crippen LogP contribution in [0.25, 0.3) is 0 Å². The summed E-state index contributed by atoms with van der Waals surface area (Å²) < 4.78 is 23.2. The minimum atomic E-state index is -3.01. The summed E-state index contributed by atoms with van der Waals surface area (Å²) in [5.74, 6) is 0.693. The zero-order valence-corrected chi connectivity index (χ0v) is 13.8. The Morgan fingerprint density at radius 2 is 1.70 bits per heavy atom. The van der Waals surface area contributed by atoms with Crippen LogP contribution in [0.15, 0.2) is 30.3 Å². The van der Waals surface area contributed by atoms with Crippen LogP contribution in [0.2, 0.25) is 0 Å². The number of hydrogen-bond acceptors (Lipinski definition) is 3. The minimum absolute atomic E-state index is 0.205. The molecule has 1 unspecified atom stereocenters. The predicted molar refractivity (Wildman–Crippen MR) is 85.9 cm³/mol. The Morgan fingerprint density at radius 1 is 1.10 bits per heavy atom. The summed E-state index contributed by atoms with van der Waals surface area (Å²) in [5, 5.41) is 3.24. The third kappa shape index (κ3) is 5.25. The molecule has 0 radical (unpaired) electrons. The molecule has 1 N–H and O–H groups in total. The average Bonchev–Trinajstić information content (AvgIpc) is 2.37. The maximum absolute atomic E-state index is 11.9. The lowest BCUT2D eigenvalue weighted by molar-refractivity contribution is 0.552.